The molecule has 0 heterocycles. The first-order valence-corrected chi connectivity index (χ1v) is 21.1. The van der Waals surface area contributed by atoms with Gasteiger partial charge in [0, 0.05) is 6.10 Å². The normalized spacial score (nSPS) is 38.9. The van der Waals surface area contributed by atoms with Crippen LogP contribution in [-0.2, 0) is 13.6 Å². The van der Waals surface area contributed by atoms with Crippen molar-refractivity contribution >= 4 is 22.4 Å². The summed E-state index contributed by atoms with van der Waals surface area (Å²) in [6, 6.07) is 0. The molecule has 0 aromatic carbocycles. The quantitative estimate of drug-likeness (QED) is 0.254. The standard InChI is InChI=1S/C32H58O3Si2/c1-22(33)32-20-17-24(34-36(9,10)29(2,3)4)21-23(32)13-14-25-26-15-16-28(31(26,8)19-18-27(25)32)35-37(11,12)30(5,6)7/h13,24-28H,14-21H2,1-12H3/t24-,25?,26?,27?,28-,31-,32+/m0/s1. The molecular formula is C32H58O3Si2. The number of hydrogen-bond donors (Lipinski definition) is 0. The van der Waals surface area contributed by atoms with Crippen LogP contribution in [0.2, 0.25) is 36.3 Å². The maximum Gasteiger partial charge on any atom is 0.192 e. The third-order valence-electron chi connectivity index (χ3n) is 12.6. The summed E-state index contributed by atoms with van der Waals surface area (Å²) < 4.78 is 14.0. The van der Waals surface area contributed by atoms with E-state index in [4.69, 9.17) is 8.85 Å². The van der Waals surface area contributed by atoms with Crippen molar-refractivity contribution < 1.29 is 13.6 Å². The molecule has 4 rings (SSSR count). The summed E-state index contributed by atoms with van der Waals surface area (Å²) in [6.45, 7) is 28.1. The van der Waals surface area contributed by atoms with Crippen molar-refractivity contribution in [2.45, 2.75) is 155 Å². The minimum atomic E-state index is -1.83. The summed E-state index contributed by atoms with van der Waals surface area (Å²) in [5.74, 6) is 2.23. The van der Waals surface area contributed by atoms with Gasteiger partial charge in [0.05, 0.1) is 11.5 Å². The Kier molecular flexibility index (Phi) is 7.57. The minimum absolute atomic E-state index is 0.216. The molecule has 3 nitrogen and oxygen atoms in total. The molecule has 37 heavy (non-hydrogen) atoms. The number of fused-ring (bicyclic) bond motifs is 5. The van der Waals surface area contributed by atoms with Crippen molar-refractivity contribution in [1.82, 2.24) is 0 Å². The Morgan fingerprint density at radius 1 is 0.865 bits per heavy atom. The van der Waals surface area contributed by atoms with Crippen LogP contribution >= 0.6 is 0 Å². The summed E-state index contributed by atoms with van der Waals surface area (Å²) >= 11 is 0. The number of ketones is 1. The maximum atomic E-state index is 13.6. The predicted molar refractivity (Wildman–Crippen MR) is 161 cm³/mol. The molecule has 0 amide bonds. The second kappa shape index (κ2) is 9.41. The molecule has 3 unspecified atom stereocenters. The topological polar surface area (TPSA) is 35.5 Å². The zero-order valence-electron chi connectivity index (χ0n) is 26.3. The lowest BCUT2D eigenvalue weighted by Crippen LogP contribution is -2.56. The van der Waals surface area contributed by atoms with E-state index in [-0.39, 0.29) is 27.0 Å². The average Bonchev–Trinajstić information content (AvgIpc) is 3.07. The second-order valence-electron chi connectivity index (χ2n) is 16.6. The Morgan fingerprint density at radius 2 is 1.46 bits per heavy atom. The summed E-state index contributed by atoms with van der Waals surface area (Å²) in [5, 5.41) is 0.457. The fraction of sp³-hybridized carbons (Fsp3) is 0.906. The minimum Gasteiger partial charge on any atom is -0.414 e. The smallest absolute Gasteiger partial charge is 0.192 e. The summed E-state index contributed by atoms with van der Waals surface area (Å²) in [4.78, 5) is 13.6. The van der Waals surface area contributed by atoms with Crippen LogP contribution in [0.25, 0.3) is 0 Å². The Hall–Kier alpha value is -0.236. The fourth-order valence-electron chi connectivity index (χ4n) is 8.31. The van der Waals surface area contributed by atoms with E-state index in [0.29, 0.717) is 29.6 Å². The molecule has 0 N–H and O–H groups in total. The third kappa shape index (κ3) is 4.84. The molecule has 212 valence electrons. The van der Waals surface area contributed by atoms with E-state index < -0.39 is 16.6 Å². The van der Waals surface area contributed by atoms with Crippen LogP contribution in [0.15, 0.2) is 11.6 Å². The van der Waals surface area contributed by atoms with Crippen LogP contribution in [0.3, 0.4) is 0 Å². The molecule has 4 aliphatic carbocycles. The van der Waals surface area contributed by atoms with E-state index in [1.54, 1.807) is 0 Å². The zero-order chi connectivity index (χ0) is 27.8. The second-order valence-corrected chi connectivity index (χ2v) is 26.1. The summed E-state index contributed by atoms with van der Waals surface area (Å²) in [6.07, 6.45) is 12.2. The van der Waals surface area contributed by atoms with Gasteiger partial charge in [0.15, 0.2) is 16.6 Å². The molecule has 0 saturated heterocycles. The van der Waals surface area contributed by atoms with E-state index >= 15 is 0 Å². The Bertz CT molecular complexity index is 923. The Balaban J connectivity index is 1.58. The highest BCUT2D eigenvalue weighted by Gasteiger charge is 2.62. The van der Waals surface area contributed by atoms with E-state index in [1.165, 1.54) is 31.3 Å². The molecule has 0 bridgehead atoms. The van der Waals surface area contributed by atoms with E-state index in [9.17, 15) is 4.79 Å². The van der Waals surface area contributed by atoms with Crippen LogP contribution in [-0.4, -0.2) is 34.6 Å². The maximum absolute atomic E-state index is 13.6. The highest BCUT2D eigenvalue weighted by atomic mass is 28.4. The lowest BCUT2D eigenvalue weighted by molar-refractivity contribution is -0.137. The predicted octanol–water partition coefficient (Wildman–Crippen LogP) is 9.30. The van der Waals surface area contributed by atoms with Crippen LogP contribution in [0.5, 0.6) is 0 Å². The molecule has 7 atom stereocenters. The zero-order valence-corrected chi connectivity index (χ0v) is 28.3. The third-order valence-corrected chi connectivity index (χ3v) is 21.7. The van der Waals surface area contributed by atoms with Gasteiger partial charge in [-0.1, -0.05) is 60.1 Å². The molecular weight excluding hydrogens is 489 g/mol. The van der Waals surface area contributed by atoms with Gasteiger partial charge in [-0.25, -0.2) is 0 Å². The summed E-state index contributed by atoms with van der Waals surface area (Å²) in [5.41, 5.74) is 1.45. The molecule has 5 heteroatoms. The fourth-order valence-corrected chi connectivity index (χ4v) is 11.1. The highest BCUT2D eigenvalue weighted by Crippen LogP contribution is 2.66. The van der Waals surface area contributed by atoms with E-state index in [1.807, 2.05) is 6.92 Å². The molecule has 0 radical (unpaired) electrons. The van der Waals surface area contributed by atoms with Gasteiger partial charge in [-0.3, -0.25) is 4.79 Å². The number of carbonyl (C=O) groups excluding carboxylic acids is 1. The van der Waals surface area contributed by atoms with Gasteiger partial charge in [0.1, 0.15) is 5.78 Å². The van der Waals surface area contributed by atoms with Crippen LogP contribution in [0.1, 0.15) is 107 Å². The van der Waals surface area contributed by atoms with Gasteiger partial charge in [0.2, 0.25) is 0 Å². The van der Waals surface area contributed by atoms with Crippen molar-refractivity contribution in [1.29, 1.82) is 0 Å². The first-order valence-electron chi connectivity index (χ1n) is 15.3. The summed E-state index contributed by atoms with van der Waals surface area (Å²) in [7, 11) is -3.64. The van der Waals surface area contributed by atoms with Crippen molar-refractivity contribution in [3.63, 3.8) is 0 Å². The first kappa shape index (κ1) is 29.7. The molecule has 3 saturated carbocycles. The number of Topliss-reactive ketones (excluding diaryl/α,β-unsaturated/α-hetero) is 1. The van der Waals surface area contributed by atoms with E-state index in [0.717, 1.165) is 25.7 Å². The number of allylic oxidation sites excluding steroid dienone is 1. The van der Waals surface area contributed by atoms with Gasteiger partial charge in [0.25, 0.3) is 0 Å². The molecule has 3 fully saturated rings. The SMILES string of the molecule is CC(=O)[C@]12CC[C@H](O[Si](C)(C)C(C)(C)C)CC1=CCC1C2CC[C@@]2(C)C1CC[C@@H]2O[Si](C)(C)C(C)(C)C. The van der Waals surface area contributed by atoms with Crippen LogP contribution in [0, 0.1) is 28.6 Å². The number of hydrogen-bond acceptors (Lipinski definition) is 3. The van der Waals surface area contributed by atoms with Gasteiger partial charge in [-0.05, 0) is 118 Å². The van der Waals surface area contributed by atoms with Crippen molar-refractivity contribution in [2.75, 3.05) is 0 Å². The van der Waals surface area contributed by atoms with Gasteiger partial charge < -0.3 is 8.85 Å². The first-order chi connectivity index (χ1) is 16.8. The largest absolute Gasteiger partial charge is 0.414 e. The molecule has 0 spiro atoms. The Labute approximate surface area is 231 Å². The van der Waals surface area contributed by atoms with Gasteiger partial charge in [-0.2, -0.15) is 0 Å². The average molecular weight is 547 g/mol. The lowest BCUT2D eigenvalue weighted by atomic mass is 9.46. The van der Waals surface area contributed by atoms with Crippen LogP contribution < -0.4 is 0 Å². The van der Waals surface area contributed by atoms with Crippen molar-refractivity contribution in [2.24, 2.45) is 28.6 Å². The highest BCUT2D eigenvalue weighted by molar-refractivity contribution is 6.74. The lowest BCUT2D eigenvalue weighted by Gasteiger charge is -2.58. The Morgan fingerprint density at radius 3 is 2.03 bits per heavy atom. The van der Waals surface area contributed by atoms with E-state index in [2.05, 4.69) is 80.7 Å². The number of carbonyl (C=O) groups is 1. The molecule has 4 aliphatic rings. The van der Waals surface area contributed by atoms with Crippen molar-refractivity contribution in [3.8, 4) is 0 Å². The molecule has 0 aromatic rings. The van der Waals surface area contributed by atoms with Crippen molar-refractivity contribution in [3.05, 3.63) is 11.6 Å². The number of rotatable bonds is 5. The monoisotopic (exact) mass is 546 g/mol. The van der Waals surface area contributed by atoms with Gasteiger partial charge in [-0.15, -0.1) is 0 Å². The molecule has 0 aliphatic heterocycles. The van der Waals surface area contributed by atoms with Crippen LogP contribution in [0.4, 0.5) is 0 Å². The molecule has 0 aromatic heterocycles. The van der Waals surface area contributed by atoms with Gasteiger partial charge >= 0.3 is 0 Å².